The van der Waals surface area contributed by atoms with Crippen molar-refractivity contribution in [1.29, 1.82) is 0 Å². The van der Waals surface area contributed by atoms with Gasteiger partial charge in [0.2, 0.25) is 0 Å². The van der Waals surface area contributed by atoms with Crippen molar-refractivity contribution in [3.8, 4) is 0 Å². The van der Waals surface area contributed by atoms with Gasteiger partial charge >= 0.3 is 23.9 Å². The Morgan fingerprint density at radius 1 is 0.198 bits per heavy atom. The molecule has 0 radical (unpaired) electrons. The lowest BCUT2D eigenvalue weighted by molar-refractivity contribution is -0.396. The third-order valence-electron chi connectivity index (χ3n) is 20.4. The fourth-order valence-corrected chi connectivity index (χ4v) is 21.1. The van der Waals surface area contributed by atoms with E-state index in [0.29, 0.717) is 23.0 Å². The number of hydrogen-bond donors (Lipinski definition) is 20. The summed E-state index contributed by atoms with van der Waals surface area (Å²) < 4.78 is 101. The van der Waals surface area contributed by atoms with E-state index in [1.165, 1.54) is 47.0 Å². The van der Waals surface area contributed by atoms with Gasteiger partial charge in [-0.3, -0.25) is 19.2 Å². The highest BCUT2D eigenvalue weighted by Gasteiger charge is 2.61. The number of carboxylic acid groups (broad SMARTS) is 4. The molecular formula is C68H112O40S8. The number of aliphatic carboxylic acids is 4. The van der Waals surface area contributed by atoms with E-state index in [0.717, 1.165) is 47.0 Å². The number of aliphatic hydroxyl groups excluding tert-OH is 16. The fraction of sp³-hybridized carbons (Fsp3) is 0.941. The quantitative estimate of drug-likeness (QED) is 0.0279. The van der Waals surface area contributed by atoms with Crippen molar-refractivity contribution in [2.45, 2.75) is 299 Å². The van der Waals surface area contributed by atoms with Crippen molar-refractivity contribution in [3.05, 3.63) is 0 Å². The molecule has 16 unspecified atom stereocenters. The molecule has 30 saturated heterocycles. The van der Waals surface area contributed by atoms with Crippen LogP contribution in [-0.4, -0.2) is 464 Å². The van der Waals surface area contributed by atoms with Crippen LogP contribution in [0.5, 0.6) is 0 Å². The van der Waals surface area contributed by atoms with Gasteiger partial charge in [0.05, 0.1) is 74.5 Å². The van der Waals surface area contributed by atoms with Crippen LogP contribution < -0.4 is 0 Å². The Hall–Kier alpha value is -0.600. The second kappa shape index (κ2) is 47.8. The standard InChI is InChI=1S/C68H112O40S8/c1-5-109-17-25-53-38(78)46(86)62(94-25)103-55-27(19-111-7-3)96-64(48(88)40(55)80)105-57-29(21-113-13-9-33(69)70)98-66(50(90)42(57)82)107-59-31(23-115-15-11-35(73)74)100-68(52(92)44(59)84)108-60-32(24-116-16-12-36(75)76)99-67(51(91)43(60)83)106-58-30(22-114-14-10-34(71)72)97-65(49(89)41(58)81)104-56-28(20-112-8-4)95-63(47(87)39(56)79)102-54-26(18-110-6-2)93-61(101-53)45(85)37(54)77/h25-32,37-68,77-92H,5-24H2,1-4H3,(H,69,70)(H,71,72)(H,73,74)(H,75,76)/t25?,26?,27?,28?,29?,30?,31?,32?,37-,38-,39-,40-,41-,42-,43-,44-,45?,46?,47?,48?,49?,50?,51?,52?,53-,54+,55-,56-,57-,58-,59+,60-,61+,62-,63+,64+,65+,66+,67-,68-/m1/s1. The molecule has 20 N–H and O–H groups in total. The summed E-state index contributed by atoms with van der Waals surface area (Å²) in [6, 6.07) is 0. The molecule has 16 bridgehead atoms. The van der Waals surface area contributed by atoms with Crippen molar-refractivity contribution in [1.82, 2.24) is 0 Å². The van der Waals surface area contributed by atoms with E-state index in [4.69, 9.17) is 75.8 Å². The highest BCUT2D eigenvalue weighted by Crippen LogP contribution is 2.43. The van der Waals surface area contributed by atoms with E-state index < -0.39 is 282 Å². The Morgan fingerprint density at radius 2 is 0.319 bits per heavy atom. The molecule has 30 fully saturated rings. The summed E-state index contributed by atoms with van der Waals surface area (Å²) >= 11 is 8.96. The number of aliphatic hydroxyl groups is 16. The van der Waals surface area contributed by atoms with Crippen LogP contribution in [0.4, 0.5) is 0 Å². The molecule has 0 aliphatic carbocycles. The predicted octanol–water partition coefficient (Wildman–Crippen LogP) is -5.50. The van der Waals surface area contributed by atoms with Gasteiger partial charge in [0, 0.05) is 69.0 Å². The maximum atomic E-state index is 12.2. The van der Waals surface area contributed by atoms with E-state index >= 15 is 0 Å². The molecule has 0 spiro atoms. The summed E-state index contributed by atoms with van der Waals surface area (Å²) in [7, 11) is 0. The number of ether oxygens (including phenoxy) is 16. The molecular weight excluding hydrogens is 1710 g/mol. The van der Waals surface area contributed by atoms with Crippen LogP contribution in [0.1, 0.15) is 53.4 Å². The van der Waals surface area contributed by atoms with Crippen molar-refractivity contribution >= 4 is 118 Å². The highest BCUT2D eigenvalue weighted by atomic mass is 32.2. The largest absolute Gasteiger partial charge is 0.481 e. The van der Waals surface area contributed by atoms with Gasteiger partial charge in [-0.25, -0.2) is 0 Å². The second-order valence-electron chi connectivity index (χ2n) is 28.5. The zero-order chi connectivity index (χ0) is 84.5. The Balaban J connectivity index is 1.08. The van der Waals surface area contributed by atoms with Gasteiger partial charge in [-0.1, -0.05) is 27.7 Å². The highest BCUT2D eigenvalue weighted by molar-refractivity contribution is 8.00. The van der Waals surface area contributed by atoms with Gasteiger partial charge in [0.15, 0.2) is 50.3 Å². The average Bonchev–Trinajstić information content (AvgIpc) is 0.772. The first-order valence-corrected chi connectivity index (χ1v) is 47.4. The fourth-order valence-electron chi connectivity index (χ4n) is 14.2. The van der Waals surface area contributed by atoms with Crippen molar-refractivity contribution < 1.29 is 197 Å². The molecule has 40 nitrogen and oxygen atoms in total. The van der Waals surface area contributed by atoms with Crippen LogP contribution in [-0.2, 0) is 95.0 Å². The van der Waals surface area contributed by atoms with Gasteiger partial charge in [-0.15, -0.1) is 0 Å². The lowest BCUT2D eigenvalue weighted by atomic mass is 9.95. The van der Waals surface area contributed by atoms with Crippen LogP contribution in [0, 0.1) is 0 Å². The minimum atomic E-state index is -2.24. The van der Waals surface area contributed by atoms with Crippen LogP contribution in [0.2, 0.25) is 0 Å². The Bertz CT molecular complexity index is 2920. The van der Waals surface area contributed by atoms with Gasteiger partial charge in [0.25, 0.3) is 0 Å². The van der Waals surface area contributed by atoms with Gasteiger partial charge < -0.3 is 178 Å². The number of rotatable bonds is 32. The first-order valence-electron chi connectivity index (χ1n) is 38.2. The summed E-state index contributed by atoms with van der Waals surface area (Å²) in [4.78, 5) is 47.0. The minimum absolute atomic E-state index is 0.0129. The van der Waals surface area contributed by atoms with Crippen LogP contribution in [0.15, 0.2) is 0 Å². The van der Waals surface area contributed by atoms with Crippen LogP contribution in [0.3, 0.4) is 0 Å². The molecule has 0 aromatic heterocycles. The predicted molar refractivity (Wildman–Crippen MR) is 415 cm³/mol. The van der Waals surface area contributed by atoms with E-state index in [-0.39, 0.29) is 81.9 Å². The number of hydrogen-bond acceptors (Lipinski definition) is 44. The van der Waals surface area contributed by atoms with Gasteiger partial charge in [-0.05, 0) is 23.0 Å². The lowest BCUT2D eigenvalue weighted by Gasteiger charge is -2.51. The summed E-state index contributed by atoms with van der Waals surface area (Å²) in [6.45, 7) is 7.23. The smallest absolute Gasteiger partial charge is 0.304 e. The minimum Gasteiger partial charge on any atom is -0.481 e. The summed E-state index contributed by atoms with van der Waals surface area (Å²) in [6.07, 6.45) is -75.6. The van der Waals surface area contributed by atoms with E-state index in [2.05, 4.69) is 0 Å². The first-order chi connectivity index (χ1) is 55.3. The molecule has 672 valence electrons. The topological polar surface area (TPSA) is 621 Å². The molecule has 0 amide bonds. The van der Waals surface area contributed by atoms with Gasteiger partial charge in [0.1, 0.15) is 146 Å². The molecule has 30 aliphatic rings. The monoisotopic (exact) mass is 1820 g/mol. The second-order valence-corrected chi connectivity index (χ2v) is 38.4. The van der Waals surface area contributed by atoms with Crippen molar-refractivity contribution in [2.75, 3.05) is 92.0 Å². The first kappa shape index (κ1) is 99.2. The zero-order valence-corrected chi connectivity index (χ0v) is 70.1. The zero-order valence-electron chi connectivity index (χ0n) is 63.6. The maximum Gasteiger partial charge on any atom is 0.304 e. The summed E-state index contributed by atoms with van der Waals surface area (Å²) in [5, 5.41) is 232. The third-order valence-corrected chi connectivity index (χ3v) is 28.5. The third kappa shape index (κ3) is 25.9. The normalized spacial score (nSPS) is 44.7. The molecule has 30 aliphatic heterocycles. The Labute approximate surface area is 701 Å². The number of thioether (sulfide) groups is 8. The average molecular weight is 1830 g/mol. The van der Waals surface area contributed by atoms with E-state index in [1.54, 1.807) is 13.8 Å². The molecule has 48 heteroatoms. The lowest BCUT2D eigenvalue weighted by Crippen LogP contribution is -2.69. The van der Waals surface area contributed by atoms with Crippen LogP contribution >= 0.6 is 94.1 Å². The molecule has 30 heterocycles. The molecule has 0 aromatic carbocycles. The van der Waals surface area contributed by atoms with Crippen molar-refractivity contribution in [2.24, 2.45) is 0 Å². The molecule has 0 saturated carbocycles. The molecule has 116 heavy (non-hydrogen) atoms. The van der Waals surface area contributed by atoms with E-state index in [1.807, 2.05) is 13.8 Å². The molecule has 40 atom stereocenters. The Kier molecular flexibility index (Phi) is 40.9. The molecule has 0 aromatic rings. The molecule has 30 rings (SSSR count). The SMILES string of the molecule is CCSCC1O[C@H]2O[C@@H]3C(CSCCC(=O)O)O[C@@H](O[C@H]4C(CSCCC(=O)O)O[C@H](O[C@@H]5C(CSCCC(=O)O)O[C@H](O[C@@H]6C(CSCCC(=O)O)O[C@@H](O[C@@H]7C(CSCC)O[C@@H](O[C@H]8C(CSCC)O[C@@H](O[C@@H]9C(CSCC)O[C@H](O[C@H]1[C@H](O)C2O)C(O)[C@H]9O)C(O)[C@H]8O)C(O)[C@H]7O)C(O)[C@H]6O)C(O)[C@H]5O)C(O)[C@H]4O)C(O)[C@H]3O. The van der Waals surface area contributed by atoms with E-state index in [9.17, 15) is 121 Å². The van der Waals surface area contributed by atoms with Crippen LogP contribution in [0.25, 0.3) is 0 Å². The summed E-state index contributed by atoms with van der Waals surface area (Å²) in [5.74, 6) is -4.45. The van der Waals surface area contributed by atoms with Crippen molar-refractivity contribution in [3.63, 3.8) is 0 Å². The maximum absolute atomic E-state index is 12.2. The Morgan fingerprint density at radius 3 is 0.431 bits per heavy atom. The summed E-state index contributed by atoms with van der Waals surface area (Å²) in [5.41, 5.74) is 0. The number of carboxylic acids is 4. The van der Waals surface area contributed by atoms with Gasteiger partial charge in [-0.2, -0.15) is 94.1 Å². The number of carbonyl (C=O) groups is 4.